The second-order valence-electron chi connectivity index (χ2n) is 7.89. The Balaban J connectivity index is 1.76. The van der Waals surface area contributed by atoms with E-state index >= 15 is 0 Å². The fourth-order valence-electron chi connectivity index (χ4n) is 3.29. The fourth-order valence-corrected chi connectivity index (χ4v) is 3.29. The van der Waals surface area contributed by atoms with Crippen molar-refractivity contribution in [2.24, 2.45) is 25.6 Å². The molecule has 0 fully saturated rings. The lowest BCUT2D eigenvalue weighted by atomic mass is 10.1. The molecule has 0 aliphatic rings. The maximum Gasteiger partial charge on any atom is 0.252 e. The predicted molar refractivity (Wildman–Crippen MR) is 127 cm³/mol. The molecule has 33 heavy (non-hydrogen) atoms. The molecule has 11 heteroatoms. The van der Waals surface area contributed by atoms with Gasteiger partial charge in [-0.05, 0) is 24.6 Å². The van der Waals surface area contributed by atoms with Gasteiger partial charge in [-0.2, -0.15) is 10.2 Å². The van der Waals surface area contributed by atoms with Crippen molar-refractivity contribution < 1.29 is 4.79 Å². The van der Waals surface area contributed by atoms with Gasteiger partial charge in [-0.25, -0.2) is 9.97 Å². The summed E-state index contributed by atoms with van der Waals surface area (Å²) in [6, 6.07) is 5.51. The highest BCUT2D eigenvalue weighted by Gasteiger charge is 2.14. The first-order valence-corrected chi connectivity index (χ1v) is 10.3. The molecule has 1 unspecified atom stereocenters. The molecule has 0 aliphatic heterocycles. The molecular formula is C22H26N10O. The number of aromatic nitrogens is 6. The zero-order valence-corrected chi connectivity index (χ0v) is 18.6. The second kappa shape index (κ2) is 9.09. The first-order chi connectivity index (χ1) is 15.8. The first-order valence-electron chi connectivity index (χ1n) is 10.3. The SMILES string of the molecule is CC(N)CNc1cc(Nc2cc(-c3cnn(C)c3)cc(-c3cnn(C)c3)n2)c(C(N)=O)cn1. The van der Waals surface area contributed by atoms with Crippen molar-refractivity contribution in [2.45, 2.75) is 13.0 Å². The lowest BCUT2D eigenvalue weighted by Crippen LogP contribution is -2.25. The van der Waals surface area contributed by atoms with E-state index in [2.05, 4.69) is 25.8 Å². The Bertz CT molecular complexity index is 1230. The Morgan fingerprint density at radius 1 is 1.00 bits per heavy atom. The molecule has 11 nitrogen and oxygen atoms in total. The highest BCUT2D eigenvalue weighted by atomic mass is 16.1. The number of hydrogen-bond donors (Lipinski definition) is 4. The van der Waals surface area contributed by atoms with Gasteiger partial charge in [-0.3, -0.25) is 14.2 Å². The molecular weight excluding hydrogens is 420 g/mol. The van der Waals surface area contributed by atoms with Crippen LogP contribution in [0.1, 0.15) is 17.3 Å². The average molecular weight is 447 g/mol. The summed E-state index contributed by atoms with van der Waals surface area (Å²) in [5.74, 6) is 0.498. The van der Waals surface area contributed by atoms with Crippen LogP contribution in [0.2, 0.25) is 0 Å². The van der Waals surface area contributed by atoms with E-state index in [1.807, 2.05) is 45.5 Å². The van der Waals surface area contributed by atoms with E-state index in [0.29, 0.717) is 23.9 Å². The summed E-state index contributed by atoms with van der Waals surface area (Å²) in [4.78, 5) is 21.0. The van der Waals surface area contributed by atoms with Crippen LogP contribution in [0.5, 0.6) is 0 Å². The largest absolute Gasteiger partial charge is 0.368 e. The van der Waals surface area contributed by atoms with Crippen LogP contribution < -0.4 is 22.1 Å². The third kappa shape index (κ3) is 5.15. The lowest BCUT2D eigenvalue weighted by Gasteiger charge is -2.14. The third-order valence-electron chi connectivity index (χ3n) is 4.90. The maximum atomic E-state index is 12.0. The number of carbonyl (C=O) groups is 1. The minimum Gasteiger partial charge on any atom is -0.368 e. The Labute approximate surface area is 190 Å². The summed E-state index contributed by atoms with van der Waals surface area (Å²) < 4.78 is 3.45. The number of nitrogens with two attached hydrogens (primary N) is 2. The van der Waals surface area contributed by atoms with Crippen molar-refractivity contribution in [1.29, 1.82) is 0 Å². The number of pyridine rings is 2. The Morgan fingerprint density at radius 3 is 2.30 bits per heavy atom. The summed E-state index contributed by atoms with van der Waals surface area (Å²) in [5.41, 5.74) is 15.6. The van der Waals surface area contributed by atoms with Crippen molar-refractivity contribution in [3.8, 4) is 22.4 Å². The number of carbonyl (C=O) groups excluding carboxylic acids is 1. The number of rotatable bonds is 8. The molecule has 0 aliphatic carbocycles. The van der Waals surface area contributed by atoms with Gasteiger partial charge in [0.05, 0.1) is 29.3 Å². The standard InChI is InChI=1S/C22H26N10O/c1-13(23)7-25-20-6-19(17(10-26-20)22(24)33)30-21-5-14(15-8-27-31(2)11-15)4-18(29-21)16-9-28-32(3)12-16/h4-6,8-13H,7,23H2,1-3H3,(H2,24,33)(H2,25,26,29,30). The Morgan fingerprint density at radius 2 is 1.70 bits per heavy atom. The van der Waals surface area contributed by atoms with Gasteiger partial charge in [-0.1, -0.05) is 0 Å². The molecule has 4 aromatic rings. The zero-order chi connectivity index (χ0) is 23.5. The van der Waals surface area contributed by atoms with Crippen molar-refractivity contribution in [1.82, 2.24) is 29.5 Å². The average Bonchev–Trinajstić information content (AvgIpc) is 3.40. The molecule has 1 amide bonds. The fraction of sp³-hybridized carbons (Fsp3) is 0.227. The number of nitrogens with one attached hydrogen (secondary N) is 2. The summed E-state index contributed by atoms with van der Waals surface area (Å²) in [6.07, 6.45) is 8.76. The van der Waals surface area contributed by atoms with Crippen molar-refractivity contribution in [3.05, 3.63) is 54.7 Å². The molecule has 0 saturated heterocycles. The minimum absolute atomic E-state index is 0.0566. The number of primary amides is 1. The molecule has 6 N–H and O–H groups in total. The monoisotopic (exact) mass is 446 g/mol. The van der Waals surface area contributed by atoms with Gasteiger partial charge in [0.25, 0.3) is 5.91 Å². The van der Waals surface area contributed by atoms with E-state index in [0.717, 1.165) is 22.4 Å². The Kier molecular flexibility index (Phi) is 6.05. The van der Waals surface area contributed by atoms with Crippen LogP contribution in [0.3, 0.4) is 0 Å². The maximum absolute atomic E-state index is 12.0. The highest BCUT2D eigenvalue weighted by molar-refractivity contribution is 5.99. The number of amides is 1. The molecule has 4 aromatic heterocycles. The van der Waals surface area contributed by atoms with Crippen LogP contribution in [-0.2, 0) is 14.1 Å². The number of nitrogens with zero attached hydrogens (tertiary/aromatic N) is 6. The van der Waals surface area contributed by atoms with Crippen molar-refractivity contribution >= 4 is 23.2 Å². The third-order valence-corrected chi connectivity index (χ3v) is 4.90. The quantitative estimate of drug-likeness (QED) is 0.320. The molecule has 4 heterocycles. The van der Waals surface area contributed by atoms with Gasteiger partial charge in [0.15, 0.2) is 0 Å². The van der Waals surface area contributed by atoms with Crippen LogP contribution in [0.25, 0.3) is 22.4 Å². The summed E-state index contributed by atoms with van der Waals surface area (Å²) >= 11 is 0. The summed E-state index contributed by atoms with van der Waals surface area (Å²) in [5, 5.41) is 14.9. The Hall–Kier alpha value is -4.25. The van der Waals surface area contributed by atoms with Crippen LogP contribution >= 0.6 is 0 Å². The van der Waals surface area contributed by atoms with Crippen LogP contribution in [-0.4, -0.2) is 48.0 Å². The number of aryl methyl sites for hydroxylation is 2. The smallest absolute Gasteiger partial charge is 0.252 e. The van der Waals surface area contributed by atoms with Gasteiger partial charge >= 0.3 is 0 Å². The topological polar surface area (TPSA) is 155 Å². The molecule has 170 valence electrons. The molecule has 4 rings (SSSR count). The van der Waals surface area contributed by atoms with E-state index in [4.69, 9.17) is 16.5 Å². The number of hydrogen-bond acceptors (Lipinski definition) is 8. The normalized spacial score (nSPS) is 11.9. The highest BCUT2D eigenvalue weighted by Crippen LogP contribution is 2.30. The second-order valence-corrected chi connectivity index (χ2v) is 7.89. The van der Waals surface area contributed by atoms with Gasteiger partial charge in [0, 0.05) is 62.5 Å². The van der Waals surface area contributed by atoms with E-state index in [-0.39, 0.29) is 11.6 Å². The summed E-state index contributed by atoms with van der Waals surface area (Å²) in [6.45, 7) is 2.42. The van der Waals surface area contributed by atoms with E-state index < -0.39 is 5.91 Å². The van der Waals surface area contributed by atoms with Gasteiger partial charge in [0.2, 0.25) is 0 Å². The molecule has 0 bridgehead atoms. The van der Waals surface area contributed by atoms with Gasteiger partial charge < -0.3 is 22.1 Å². The molecule has 0 radical (unpaired) electrons. The van der Waals surface area contributed by atoms with Crippen LogP contribution in [0.15, 0.2) is 49.2 Å². The van der Waals surface area contributed by atoms with E-state index in [9.17, 15) is 4.79 Å². The minimum atomic E-state index is -0.598. The van der Waals surface area contributed by atoms with Gasteiger partial charge in [-0.15, -0.1) is 0 Å². The lowest BCUT2D eigenvalue weighted by molar-refractivity contribution is 0.100. The van der Waals surface area contributed by atoms with Crippen LogP contribution in [0, 0.1) is 0 Å². The zero-order valence-electron chi connectivity index (χ0n) is 18.6. The predicted octanol–water partition coefficient (Wildman–Crippen LogP) is 1.88. The van der Waals surface area contributed by atoms with Crippen LogP contribution in [0.4, 0.5) is 17.3 Å². The van der Waals surface area contributed by atoms with Crippen molar-refractivity contribution in [2.75, 3.05) is 17.2 Å². The van der Waals surface area contributed by atoms with Crippen molar-refractivity contribution in [3.63, 3.8) is 0 Å². The molecule has 1 atom stereocenters. The molecule has 0 spiro atoms. The van der Waals surface area contributed by atoms with E-state index in [1.165, 1.54) is 6.20 Å². The molecule has 0 saturated carbocycles. The van der Waals surface area contributed by atoms with E-state index in [1.54, 1.807) is 27.8 Å². The number of anilines is 3. The van der Waals surface area contributed by atoms with Gasteiger partial charge in [0.1, 0.15) is 11.6 Å². The summed E-state index contributed by atoms with van der Waals surface area (Å²) in [7, 11) is 3.71. The first kappa shape index (κ1) is 22.0. The molecule has 0 aromatic carbocycles.